The van der Waals surface area contributed by atoms with Gasteiger partial charge in [0.1, 0.15) is 5.75 Å². The first-order chi connectivity index (χ1) is 6.15. The molecule has 0 amide bonds. The number of aromatic hydroxyl groups is 1. The molecular weight excluding hydrogens is 188 g/mol. The predicted molar refractivity (Wildman–Crippen MR) is 50.8 cm³/mol. The number of carbonyl (C=O) groups is 1. The summed E-state index contributed by atoms with van der Waals surface area (Å²) < 4.78 is 0. The molecule has 3 heteroatoms. The van der Waals surface area contributed by atoms with E-state index in [1.54, 1.807) is 13.0 Å². The molecule has 1 N–H and O–H groups in total. The van der Waals surface area contributed by atoms with E-state index < -0.39 is 0 Å². The van der Waals surface area contributed by atoms with Crippen LogP contribution >= 0.6 is 11.6 Å². The molecule has 0 aromatic heterocycles. The lowest BCUT2D eigenvalue weighted by atomic mass is 10.1. The van der Waals surface area contributed by atoms with Crippen molar-refractivity contribution in [3.63, 3.8) is 0 Å². The summed E-state index contributed by atoms with van der Waals surface area (Å²) in [6.07, 6.45) is 0.510. The first-order valence-electron chi connectivity index (χ1n) is 3.59. The van der Waals surface area contributed by atoms with Crippen molar-refractivity contribution in [2.24, 2.45) is 0 Å². The normalized spacial score (nSPS) is 8.77. The third kappa shape index (κ3) is 2.24. The van der Waals surface area contributed by atoms with Crippen molar-refractivity contribution in [2.75, 3.05) is 0 Å². The topological polar surface area (TPSA) is 37.3 Å². The summed E-state index contributed by atoms with van der Waals surface area (Å²) in [5.74, 6) is 4.91. The average molecular weight is 195 g/mol. The number of rotatable bonds is 0. The summed E-state index contributed by atoms with van der Waals surface area (Å²) in [4.78, 5) is 9.96. The maximum absolute atomic E-state index is 9.96. The molecule has 0 radical (unpaired) electrons. The second-order valence-corrected chi connectivity index (χ2v) is 2.92. The van der Waals surface area contributed by atoms with Gasteiger partial charge in [-0.3, -0.25) is 4.79 Å². The van der Waals surface area contributed by atoms with E-state index in [-0.39, 0.29) is 10.8 Å². The van der Waals surface area contributed by atoms with Crippen molar-refractivity contribution in [3.8, 4) is 17.6 Å². The summed E-state index contributed by atoms with van der Waals surface area (Å²) >= 11 is 5.69. The zero-order valence-corrected chi connectivity index (χ0v) is 7.72. The van der Waals surface area contributed by atoms with Crippen LogP contribution in [0.5, 0.6) is 5.75 Å². The van der Waals surface area contributed by atoms with Gasteiger partial charge in [-0.15, -0.1) is 0 Å². The first kappa shape index (κ1) is 9.63. The third-order valence-corrected chi connectivity index (χ3v) is 1.82. The van der Waals surface area contributed by atoms with Gasteiger partial charge in [-0.1, -0.05) is 17.5 Å². The van der Waals surface area contributed by atoms with Crippen molar-refractivity contribution >= 4 is 17.9 Å². The van der Waals surface area contributed by atoms with Gasteiger partial charge < -0.3 is 5.11 Å². The van der Waals surface area contributed by atoms with Gasteiger partial charge in [-0.05, 0) is 30.5 Å². The smallest absolute Gasteiger partial charge is 0.193 e. The van der Waals surface area contributed by atoms with Crippen molar-refractivity contribution in [2.45, 2.75) is 6.92 Å². The van der Waals surface area contributed by atoms with Crippen LogP contribution in [0.15, 0.2) is 12.1 Å². The van der Waals surface area contributed by atoms with Crippen molar-refractivity contribution in [1.29, 1.82) is 0 Å². The minimum Gasteiger partial charge on any atom is -0.506 e. The molecule has 1 aromatic carbocycles. The van der Waals surface area contributed by atoms with E-state index in [9.17, 15) is 9.90 Å². The Hall–Kier alpha value is -1.46. The van der Waals surface area contributed by atoms with Crippen LogP contribution in [0, 0.1) is 18.8 Å². The molecule has 0 heterocycles. The van der Waals surface area contributed by atoms with Crippen molar-refractivity contribution < 1.29 is 9.90 Å². The number of hydrogen-bond acceptors (Lipinski definition) is 2. The van der Waals surface area contributed by atoms with E-state index in [1.807, 2.05) is 0 Å². The van der Waals surface area contributed by atoms with E-state index in [2.05, 4.69) is 11.8 Å². The highest BCUT2D eigenvalue weighted by Gasteiger charge is 2.02. The number of halogens is 1. The molecule has 13 heavy (non-hydrogen) atoms. The molecule has 0 aliphatic heterocycles. The summed E-state index contributed by atoms with van der Waals surface area (Å²) in [6.45, 7) is 1.72. The number of carbonyl (C=O) groups excluding carboxylic acids is 1. The van der Waals surface area contributed by atoms with Gasteiger partial charge in [0.15, 0.2) is 6.29 Å². The fraction of sp³-hybridized carbons (Fsp3) is 0.100. The highest BCUT2D eigenvalue weighted by atomic mass is 35.5. The molecule has 1 aromatic rings. The van der Waals surface area contributed by atoms with E-state index in [4.69, 9.17) is 11.6 Å². The molecule has 0 atom stereocenters. The molecule has 1 rings (SSSR count). The fourth-order valence-electron chi connectivity index (χ4n) is 0.921. The quantitative estimate of drug-likeness (QED) is 0.506. The van der Waals surface area contributed by atoms with Crippen LogP contribution < -0.4 is 0 Å². The molecule has 0 saturated carbocycles. The van der Waals surface area contributed by atoms with Crippen LogP contribution in [0.4, 0.5) is 0 Å². The zero-order chi connectivity index (χ0) is 9.84. The van der Waals surface area contributed by atoms with Crippen molar-refractivity contribution in [1.82, 2.24) is 0 Å². The monoisotopic (exact) mass is 194 g/mol. The molecular formula is C10H7ClO2. The number of benzene rings is 1. The van der Waals surface area contributed by atoms with Gasteiger partial charge >= 0.3 is 0 Å². The molecule has 0 unspecified atom stereocenters. The Labute approximate surface area is 81.1 Å². The Balaban J connectivity index is 3.20. The Bertz CT molecular complexity index is 376. The number of aldehydes is 1. The number of phenolic OH excluding ortho intramolecular Hbond substituents is 1. The lowest BCUT2D eigenvalue weighted by Gasteiger charge is -2.01. The second kappa shape index (κ2) is 3.97. The molecule has 0 spiro atoms. The van der Waals surface area contributed by atoms with E-state index in [0.717, 1.165) is 0 Å². The standard InChI is InChI=1S/C10H7ClO2/c1-7-5-8(3-2-4-12)6-9(11)10(7)13/h4-6,13H,1H3. The van der Waals surface area contributed by atoms with Crippen LogP contribution in [0.1, 0.15) is 11.1 Å². The fourth-order valence-corrected chi connectivity index (χ4v) is 1.19. The minimum atomic E-state index is 0.0540. The van der Waals surface area contributed by atoms with Crippen molar-refractivity contribution in [3.05, 3.63) is 28.3 Å². The number of phenols is 1. The van der Waals surface area contributed by atoms with Gasteiger partial charge in [-0.2, -0.15) is 0 Å². The number of hydrogen-bond donors (Lipinski definition) is 1. The molecule has 66 valence electrons. The average Bonchev–Trinajstić information content (AvgIpc) is 2.10. The first-order valence-corrected chi connectivity index (χ1v) is 3.97. The minimum absolute atomic E-state index is 0.0540. The summed E-state index contributed by atoms with van der Waals surface area (Å²) in [6, 6.07) is 3.18. The van der Waals surface area contributed by atoms with Crippen LogP contribution in [0.25, 0.3) is 0 Å². The second-order valence-electron chi connectivity index (χ2n) is 2.51. The molecule has 0 saturated heterocycles. The van der Waals surface area contributed by atoms with Gasteiger partial charge in [0.2, 0.25) is 0 Å². The van der Waals surface area contributed by atoms with Crippen LogP contribution in [-0.2, 0) is 4.79 Å². The predicted octanol–water partition coefficient (Wildman–Crippen LogP) is 1.90. The molecule has 0 aliphatic carbocycles. The summed E-state index contributed by atoms with van der Waals surface area (Å²) in [5.41, 5.74) is 1.26. The van der Waals surface area contributed by atoms with Crippen LogP contribution in [0.2, 0.25) is 5.02 Å². The van der Waals surface area contributed by atoms with Crippen LogP contribution in [-0.4, -0.2) is 11.4 Å². The van der Waals surface area contributed by atoms with Crippen LogP contribution in [0.3, 0.4) is 0 Å². The number of aryl methyl sites for hydroxylation is 1. The van der Waals surface area contributed by atoms with Gasteiger partial charge in [0, 0.05) is 5.56 Å². The maximum Gasteiger partial charge on any atom is 0.193 e. The maximum atomic E-state index is 9.96. The Kier molecular flexibility index (Phi) is 2.94. The third-order valence-electron chi connectivity index (χ3n) is 1.53. The Morgan fingerprint density at radius 2 is 2.23 bits per heavy atom. The Morgan fingerprint density at radius 3 is 2.77 bits per heavy atom. The lowest BCUT2D eigenvalue weighted by molar-refractivity contribution is -0.103. The molecule has 0 fully saturated rings. The summed E-state index contributed by atoms with van der Waals surface area (Å²) in [5, 5.41) is 9.55. The summed E-state index contributed by atoms with van der Waals surface area (Å²) in [7, 11) is 0. The largest absolute Gasteiger partial charge is 0.506 e. The van der Waals surface area contributed by atoms with E-state index in [0.29, 0.717) is 17.4 Å². The zero-order valence-electron chi connectivity index (χ0n) is 6.97. The SMILES string of the molecule is Cc1cc(C#CC=O)cc(Cl)c1O. The van der Waals surface area contributed by atoms with E-state index >= 15 is 0 Å². The highest BCUT2D eigenvalue weighted by Crippen LogP contribution is 2.27. The van der Waals surface area contributed by atoms with Gasteiger partial charge in [0.05, 0.1) is 5.02 Å². The highest BCUT2D eigenvalue weighted by molar-refractivity contribution is 6.32. The van der Waals surface area contributed by atoms with E-state index in [1.165, 1.54) is 6.07 Å². The van der Waals surface area contributed by atoms with Gasteiger partial charge in [-0.25, -0.2) is 0 Å². The molecule has 0 aliphatic rings. The molecule has 2 nitrogen and oxygen atoms in total. The Morgan fingerprint density at radius 1 is 1.54 bits per heavy atom. The van der Waals surface area contributed by atoms with Gasteiger partial charge in [0.25, 0.3) is 0 Å². The molecule has 0 bridgehead atoms. The lowest BCUT2D eigenvalue weighted by Crippen LogP contribution is -1.81.